The summed E-state index contributed by atoms with van der Waals surface area (Å²) < 4.78 is 5.59. The Morgan fingerprint density at radius 3 is 2.57 bits per heavy atom. The van der Waals surface area contributed by atoms with Gasteiger partial charge in [0.1, 0.15) is 16.8 Å². The second-order valence-corrected chi connectivity index (χ2v) is 6.42. The summed E-state index contributed by atoms with van der Waals surface area (Å²) in [6, 6.07) is 0. The van der Waals surface area contributed by atoms with Gasteiger partial charge in [-0.05, 0) is 40.2 Å². The highest BCUT2D eigenvalue weighted by molar-refractivity contribution is 6.21. The van der Waals surface area contributed by atoms with Gasteiger partial charge in [0.2, 0.25) is 0 Å². The Balaban J connectivity index is 2.57. The summed E-state index contributed by atoms with van der Waals surface area (Å²) in [5, 5.41) is 21.0. The fraction of sp³-hybridized carbons (Fsp3) is 0.556. The first-order valence-electron chi connectivity index (χ1n) is 7.89. The van der Waals surface area contributed by atoms with Gasteiger partial charge in [0.25, 0.3) is 0 Å². The maximum atomic E-state index is 12.9. The summed E-state index contributed by atoms with van der Waals surface area (Å²) in [5.41, 5.74) is -3.03. The molecule has 0 aliphatic heterocycles. The molecule has 23 heavy (non-hydrogen) atoms. The van der Waals surface area contributed by atoms with Gasteiger partial charge in [0, 0.05) is 18.1 Å². The van der Waals surface area contributed by atoms with E-state index in [1.807, 2.05) is 6.92 Å². The van der Waals surface area contributed by atoms with Gasteiger partial charge in [-0.3, -0.25) is 9.59 Å². The normalized spacial score (nSPS) is 39.7. The predicted octanol–water partition coefficient (Wildman–Crippen LogP) is 2.26. The third-order valence-corrected chi connectivity index (χ3v) is 4.97. The van der Waals surface area contributed by atoms with Crippen LogP contribution in [0.4, 0.5) is 0 Å². The fourth-order valence-electron chi connectivity index (χ4n) is 3.67. The van der Waals surface area contributed by atoms with Crippen LogP contribution in [0.1, 0.15) is 34.1 Å². The number of rotatable bonds is 4. The van der Waals surface area contributed by atoms with Crippen LogP contribution in [0.25, 0.3) is 0 Å². The van der Waals surface area contributed by atoms with Crippen molar-refractivity contribution in [3.05, 3.63) is 35.6 Å². The quantitative estimate of drug-likeness (QED) is 0.359. The number of ether oxygens (including phenoxy) is 1. The van der Waals surface area contributed by atoms with Gasteiger partial charge in [-0.15, -0.1) is 0 Å². The molecule has 0 spiro atoms. The summed E-state index contributed by atoms with van der Waals surface area (Å²) >= 11 is 0. The Morgan fingerprint density at radius 2 is 2.00 bits per heavy atom. The summed E-state index contributed by atoms with van der Waals surface area (Å²) in [6.45, 7) is 6.93. The molecule has 126 valence electrons. The molecule has 3 rings (SSSR count). The van der Waals surface area contributed by atoms with Crippen LogP contribution in [0.5, 0.6) is 0 Å². The van der Waals surface area contributed by atoms with E-state index in [1.165, 1.54) is 19.9 Å². The van der Waals surface area contributed by atoms with Crippen LogP contribution >= 0.6 is 0 Å². The van der Waals surface area contributed by atoms with E-state index in [1.54, 1.807) is 25.2 Å². The van der Waals surface area contributed by atoms with E-state index < -0.39 is 34.6 Å². The third-order valence-electron chi connectivity index (χ3n) is 4.97. The lowest BCUT2D eigenvalue weighted by Crippen LogP contribution is -2.69. The molecule has 3 fully saturated rings. The highest BCUT2D eigenvalue weighted by Crippen LogP contribution is 2.54. The molecule has 0 amide bonds. The zero-order chi connectivity index (χ0) is 17.4. The number of ketones is 2. The van der Waals surface area contributed by atoms with E-state index in [4.69, 9.17) is 4.74 Å². The minimum absolute atomic E-state index is 0.119. The SMILES string of the molecule is C/C=C/C=C/C(O)=C1\C(=O)[C@]2(C)C(=O)[C@@](C)(O)[C@H]1C[C@@H]2OCC. The van der Waals surface area contributed by atoms with Gasteiger partial charge in [-0.2, -0.15) is 0 Å². The Hall–Kier alpha value is -1.72. The number of carbonyl (C=O) groups excluding carboxylic acids is 2. The molecule has 0 heterocycles. The summed E-state index contributed by atoms with van der Waals surface area (Å²) in [6.07, 6.45) is 6.27. The minimum atomic E-state index is -1.69. The van der Waals surface area contributed by atoms with Crippen molar-refractivity contribution in [2.45, 2.75) is 45.8 Å². The molecule has 3 aliphatic carbocycles. The molecule has 3 saturated carbocycles. The molecule has 0 aromatic heterocycles. The van der Waals surface area contributed by atoms with Gasteiger partial charge in [0.15, 0.2) is 11.6 Å². The number of hydrogen-bond acceptors (Lipinski definition) is 5. The predicted molar refractivity (Wildman–Crippen MR) is 85.9 cm³/mol. The van der Waals surface area contributed by atoms with Crippen LogP contribution in [0.3, 0.4) is 0 Å². The molecular formula is C18H24O5. The lowest BCUT2D eigenvalue weighted by molar-refractivity contribution is -0.186. The van der Waals surface area contributed by atoms with Gasteiger partial charge < -0.3 is 14.9 Å². The molecular weight excluding hydrogens is 296 g/mol. The number of fused-ring (bicyclic) bond motifs is 3. The average Bonchev–Trinajstić information content (AvgIpc) is 2.49. The summed E-state index contributed by atoms with van der Waals surface area (Å²) in [5.74, 6) is -1.95. The Kier molecular flexibility index (Phi) is 4.64. The fourth-order valence-corrected chi connectivity index (χ4v) is 3.67. The number of hydrogen-bond donors (Lipinski definition) is 2. The molecule has 5 nitrogen and oxygen atoms in total. The highest BCUT2D eigenvalue weighted by atomic mass is 16.5. The molecule has 2 bridgehead atoms. The molecule has 3 aliphatic rings. The lowest BCUT2D eigenvalue weighted by atomic mass is 9.50. The molecule has 2 N–H and O–H groups in total. The van der Waals surface area contributed by atoms with Crippen LogP contribution in [-0.2, 0) is 14.3 Å². The monoisotopic (exact) mass is 320 g/mol. The molecule has 0 unspecified atom stereocenters. The molecule has 0 aromatic rings. The van der Waals surface area contributed by atoms with Crippen molar-refractivity contribution in [2.24, 2.45) is 11.3 Å². The van der Waals surface area contributed by atoms with Gasteiger partial charge in [-0.1, -0.05) is 18.2 Å². The standard InChI is InChI=1S/C18H24O5/c1-5-7-8-9-12(19)14-11-10-13(23-6-2)17(3,15(14)20)16(21)18(11,4)22/h5,7-9,11,13,19,22H,6,10H2,1-4H3/b7-5+,9-8+,14-12+/t11-,13-,17+,18-/m0/s1. The van der Waals surface area contributed by atoms with Crippen molar-refractivity contribution < 1.29 is 24.5 Å². The van der Waals surface area contributed by atoms with Crippen molar-refractivity contribution in [3.63, 3.8) is 0 Å². The van der Waals surface area contributed by atoms with Gasteiger partial charge in [0.05, 0.1) is 6.10 Å². The van der Waals surface area contributed by atoms with E-state index in [-0.39, 0.29) is 11.3 Å². The van der Waals surface area contributed by atoms with Crippen LogP contribution in [-0.4, -0.2) is 40.1 Å². The number of Topliss-reactive ketones (excluding diaryl/α,β-unsaturated/α-hetero) is 2. The zero-order valence-corrected chi connectivity index (χ0v) is 14.0. The van der Waals surface area contributed by atoms with Crippen LogP contribution in [0.2, 0.25) is 0 Å². The smallest absolute Gasteiger partial charge is 0.180 e. The van der Waals surface area contributed by atoms with E-state index in [0.717, 1.165) is 0 Å². The van der Waals surface area contributed by atoms with Gasteiger partial charge >= 0.3 is 0 Å². The average molecular weight is 320 g/mol. The number of aliphatic hydroxyl groups excluding tert-OH is 1. The molecule has 0 saturated heterocycles. The molecule has 5 heteroatoms. The van der Waals surface area contributed by atoms with Crippen molar-refractivity contribution in [3.8, 4) is 0 Å². The van der Waals surface area contributed by atoms with Crippen LogP contribution in [0, 0.1) is 11.3 Å². The minimum Gasteiger partial charge on any atom is -0.508 e. The largest absolute Gasteiger partial charge is 0.508 e. The Bertz CT molecular complexity index is 611. The topological polar surface area (TPSA) is 83.8 Å². The van der Waals surface area contributed by atoms with Crippen LogP contribution in [0.15, 0.2) is 35.6 Å². The van der Waals surface area contributed by atoms with Gasteiger partial charge in [-0.25, -0.2) is 0 Å². The van der Waals surface area contributed by atoms with E-state index in [2.05, 4.69) is 0 Å². The molecule has 0 aromatic carbocycles. The number of aliphatic hydroxyl groups is 2. The molecule has 4 atom stereocenters. The Morgan fingerprint density at radius 1 is 1.35 bits per heavy atom. The maximum absolute atomic E-state index is 12.9. The number of allylic oxidation sites excluding steroid dienone is 4. The second kappa shape index (κ2) is 6.06. The molecule has 0 radical (unpaired) electrons. The first kappa shape index (κ1) is 17.6. The van der Waals surface area contributed by atoms with Crippen molar-refractivity contribution >= 4 is 11.6 Å². The van der Waals surface area contributed by atoms with Crippen molar-refractivity contribution in [2.75, 3.05) is 6.61 Å². The maximum Gasteiger partial charge on any atom is 0.180 e. The Labute approximate surface area is 136 Å². The second-order valence-electron chi connectivity index (χ2n) is 6.42. The van der Waals surface area contributed by atoms with Crippen molar-refractivity contribution in [1.29, 1.82) is 0 Å². The van der Waals surface area contributed by atoms with Crippen LogP contribution < -0.4 is 0 Å². The lowest BCUT2D eigenvalue weighted by Gasteiger charge is -2.54. The van der Waals surface area contributed by atoms with Crippen molar-refractivity contribution in [1.82, 2.24) is 0 Å². The first-order valence-corrected chi connectivity index (χ1v) is 7.89. The first-order chi connectivity index (χ1) is 10.7. The van der Waals surface area contributed by atoms with E-state index >= 15 is 0 Å². The third kappa shape index (κ3) is 2.48. The summed E-state index contributed by atoms with van der Waals surface area (Å²) in [4.78, 5) is 25.6. The zero-order valence-electron chi connectivity index (χ0n) is 14.0. The summed E-state index contributed by atoms with van der Waals surface area (Å²) in [7, 11) is 0. The van der Waals surface area contributed by atoms with E-state index in [9.17, 15) is 19.8 Å². The number of carbonyl (C=O) groups is 2. The highest BCUT2D eigenvalue weighted by Gasteiger charge is 2.68. The van der Waals surface area contributed by atoms with E-state index in [0.29, 0.717) is 13.0 Å².